The molecule has 16 heavy (non-hydrogen) atoms. The number of hydrogen-bond acceptors (Lipinski definition) is 2. The number of halogens is 1. The molecule has 0 aliphatic carbocycles. The third kappa shape index (κ3) is 2.25. The molecule has 0 spiro atoms. The summed E-state index contributed by atoms with van der Waals surface area (Å²) in [4.78, 5) is 2.47. The van der Waals surface area contributed by atoms with Gasteiger partial charge in [-0.3, -0.25) is 0 Å². The van der Waals surface area contributed by atoms with Crippen LogP contribution in [-0.2, 0) is 0 Å². The minimum Gasteiger partial charge on any atom is -0.366 e. The van der Waals surface area contributed by atoms with Crippen molar-refractivity contribution in [3.8, 4) is 0 Å². The molecule has 88 valence electrons. The summed E-state index contributed by atoms with van der Waals surface area (Å²) in [6.45, 7) is 6.46. The van der Waals surface area contributed by atoms with E-state index in [1.807, 2.05) is 0 Å². The summed E-state index contributed by atoms with van der Waals surface area (Å²) >= 11 is 3.47. The second kappa shape index (κ2) is 4.38. The Morgan fingerprint density at radius 3 is 2.50 bits per heavy atom. The first-order valence-corrected chi connectivity index (χ1v) is 6.55. The van der Waals surface area contributed by atoms with Gasteiger partial charge in [-0.05, 0) is 57.0 Å². The summed E-state index contributed by atoms with van der Waals surface area (Å²) in [5, 5.41) is 0. The fourth-order valence-corrected chi connectivity index (χ4v) is 2.88. The Hall–Kier alpha value is -0.540. The Labute approximate surface area is 106 Å². The van der Waals surface area contributed by atoms with Crippen LogP contribution in [0.4, 0.5) is 5.69 Å². The Kier molecular flexibility index (Phi) is 3.27. The Balaban J connectivity index is 2.23. The number of hydrogen-bond donors (Lipinski definition) is 1. The zero-order valence-corrected chi connectivity index (χ0v) is 11.5. The summed E-state index contributed by atoms with van der Waals surface area (Å²) in [5.41, 5.74) is 7.30. The van der Waals surface area contributed by atoms with Crippen LogP contribution in [0.25, 0.3) is 0 Å². The minimum absolute atomic E-state index is 0.220. The van der Waals surface area contributed by atoms with Crippen molar-refractivity contribution >= 4 is 21.6 Å². The van der Waals surface area contributed by atoms with Gasteiger partial charge in [-0.15, -0.1) is 0 Å². The SMILES string of the molecule is CC1(C)CC(CN)CN1c1ccc(Br)cc1. The number of nitrogens with zero attached hydrogens (tertiary/aromatic N) is 1. The number of anilines is 1. The molecule has 0 saturated carbocycles. The van der Waals surface area contributed by atoms with Crippen LogP contribution >= 0.6 is 15.9 Å². The van der Waals surface area contributed by atoms with E-state index in [1.54, 1.807) is 0 Å². The normalized spacial score (nSPS) is 23.8. The highest BCUT2D eigenvalue weighted by molar-refractivity contribution is 9.10. The number of nitrogens with two attached hydrogens (primary N) is 1. The van der Waals surface area contributed by atoms with Crippen molar-refractivity contribution in [1.29, 1.82) is 0 Å². The predicted octanol–water partition coefficient (Wildman–Crippen LogP) is 3.01. The van der Waals surface area contributed by atoms with Crippen molar-refractivity contribution < 1.29 is 0 Å². The van der Waals surface area contributed by atoms with Crippen molar-refractivity contribution in [2.24, 2.45) is 11.7 Å². The molecule has 2 rings (SSSR count). The van der Waals surface area contributed by atoms with E-state index < -0.39 is 0 Å². The van der Waals surface area contributed by atoms with Gasteiger partial charge in [0.25, 0.3) is 0 Å². The third-order valence-electron chi connectivity index (χ3n) is 3.43. The molecule has 2 nitrogen and oxygen atoms in total. The Morgan fingerprint density at radius 2 is 2.00 bits per heavy atom. The van der Waals surface area contributed by atoms with Crippen molar-refractivity contribution in [3.05, 3.63) is 28.7 Å². The molecular formula is C13H19BrN2. The quantitative estimate of drug-likeness (QED) is 0.904. The maximum atomic E-state index is 5.79. The molecule has 1 heterocycles. The summed E-state index contributed by atoms with van der Waals surface area (Å²) in [5.74, 6) is 0.624. The van der Waals surface area contributed by atoms with Gasteiger partial charge in [0.1, 0.15) is 0 Å². The first-order chi connectivity index (χ1) is 7.53. The molecular weight excluding hydrogens is 264 g/mol. The van der Waals surface area contributed by atoms with Gasteiger partial charge in [-0.1, -0.05) is 15.9 Å². The monoisotopic (exact) mass is 282 g/mol. The van der Waals surface area contributed by atoms with E-state index in [4.69, 9.17) is 5.73 Å². The molecule has 0 amide bonds. The fourth-order valence-electron chi connectivity index (χ4n) is 2.62. The van der Waals surface area contributed by atoms with Gasteiger partial charge in [-0.25, -0.2) is 0 Å². The molecule has 0 radical (unpaired) electrons. The van der Waals surface area contributed by atoms with Crippen LogP contribution in [0.1, 0.15) is 20.3 Å². The van der Waals surface area contributed by atoms with Crippen molar-refractivity contribution in [2.45, 2.75) is 25.8 Å². The smallest absolute Gasteiger partial charge is 0.0371 e. The van der Waals surface area contributed by atoms with Crippen LogP contribution in [0.2, 0.25) is 0 Å². The van der Waals surface area contributed by atoms with Crippen molar-refractivity contribution in [3.63, 3.8) is 0 Å². The maximum Gasteiger partial charge on any atom is 0.0371 e. The molecule has 1 aliphatic heterocycles. The molecule has 1 saturated heterocycles. The lowest BCUT2D eigenvalue weighted by molar-refractivity contribution is 0.476. The van der Waals surface area contributed by atoms with Gasteiger partial charge < -0.3 is 10.6 Å². The molecule has 0 aromatic heterocycles. The van der Waals surface area contributed by atoms with E-state index in [0.717, 1.165) is 17.6 Å². The van der Waals surface area contributed by atoms with Gasteiger partial charge in [0, 0.05) is 22.2 Å². The summed E-state index contributed by atoms with van der Waals surface area (Å²) in [6, 6.07) is 8.54. The molecule has 1 atom stereocenters. The first kappa shape index (κ1) is 11.9. The van der Waals surface area contributed by atoms with Crippen LogP contribution in [0, 0.1) is 5.92 Å². The van der Waals surface area contributed by atoms with E-state index in [9.17, 15) is 0 Å². The molecule has 1 aromatic rings. The molecule has 1 fully saturated rings. The van der Waals surface area contributed by atoms with Gasteiger partial charge in [0.05, 0.1) is 0 Å². The topological polar surface area (TPSA) is 29.3 Å². The van der Waals surface area contributed by atoms with Crippen LogP contribution < -0.4 is 10.6 Å². The summed E-state index contributed by atoms with van der Waals surface area (Å²) < 4.78 is 1.13. The Morgan fingerprint density at radius 1 is 1.38 bits per heavy atom. The lowest BCUT2D eigenvalue weighted by atomic mass is 9.96. The molecule has 1 aromatic carbocycles. The molecule has 2 N–H and O–H groups in total. The lowest BCUT2D eigenvalue weighted by Gasteiger charge is -2.33. The van der Waals surface area contributed by atoms with Gasteiger partial charge in [-0.2, -0.15) is 0 Å². The van der Waals surface area contributed by atoms with E-state index in [-0.39, 0.29) is 5.54 Å². The van der Waals surface area contributed by atoms with Crippen LogP contribution in [0.3, 0.4) is 0 Å². The van der Waals surface area contributed by atoms with Gasteiger partial charge >= 0.3 is 0 Å². The molecule has 3 heteroatoms. The minimum atomic E-state index is 0.220. The average molecular weight is 283 g/mol. The summed E-state index contributed by atoms with van der Waals surface area (Å²) in [7, 11) is 0. The van der Waals surface area contributed by atoms with E-state index in [0.29, 0.717) is 5.92 Å². The number of rotatable bonds is 2. The standard InChI is InChI=1S/C13H19BrN2/c1-13(2)7-10(8-15)9-16(13)12-5-3-11(14)4-6-12/h3-6,10H,7-9,15H2,1-2H3. The van der Waals surface area contributed by atoms with Crippen LogP contribution in [0.15, 0.2) is 28.7 Å². The molecule has 0 bridgehead atoms. The van der Waals surface area contributed by atoms with Gasteiger partial charge in [0.2, 0.25) is 0 Å². The lowest BCUT2D eigenvalue weighted by Crippen LogP contribution is -2.38. The Bertz CT molecular complexity index is 359. The number of benzene rings is 1. The first-order valence-electron chi connectivity index (χ1n) is 5.76. The fraction of sp³-hybridized carbons (Fsp3) is 0.538. The van der Waals surface area contributed by atoms with Crippen molar-refractivity contribution in [1.82, 2.24) is 0 Å². The van der Waals surface area contributed by atoms with E-state index in [1.165, 1.54) is 12.1 Å². The molecule has 1 aliphatic rings. The van der Waals surface area contributed by atoms with Crippen LogP contribution in [0.5, 0.6) is 0 Å². The molecule has 1 unspecified atom stereocenters. The zero-order valence-electron chi connectivity index (χ0n) is 9.91. The van der Waals surface area contributed by atoms with Gasteiger partial charge in [0.15, 0.2) is 0 Å². The third-order valence-corrected chi connectivity index (χ3v) is 3.96. The second-order valence-corrected chi connectivity index (χ2v) is 6.12. The second-order valence-electron chi connectivity index (χ2n) is 5.21. The van der Waals surface area contributed by atoms with E-state index in [2.05, 4.69) is 58.9 Å². The highest BCUT2D eigenvalue weighted by Crippen LogP contribution is 2.36. The van der Waals surface area contributed by atoms with Crippen molar-refractivity contribution in [2.75, 3.05) is 18.0 Å². The van der Waals surface area contributed by atoms with E-state index >= 15 is 0 Å². The highest BCUT2D eigenvalue weighted by Gasteiger charge is 2.37. The predicted molar refractivity (Wildman–Crippen MR) is 72.7 cm³/mol. The largest absolute Gasteiger partial charge is 0.366 e. The average Bonchev–Trinajstić information content (AvgIpc) is 2.55. The van der Waals surface area contributed by atoms with Crippen LogP contribution in [-0.4, -0.2) is 18.6 Å². The highest BCUT2D eigenvalue weighted by atomic mass is 79.9. The zero-order chi connectivity index (χ0) is 11.8. The maximum absolute atomic E-state index is 5.79. The summed E-state index contributed by atoms with van der Waals surface area (Å²) in [6.07, 6.45) is 1.18.